The largest absolute Gasteiger partial charge is 0.174 e. The topological polar surface area (TPSA) is 43.6 Å². The fourth-order valence-electron chi connectivity index (χ4n) is 1.97. The lowest BCUT2D eigenvalue weighted by atomic mass is 10.1. The highest BCUT2D eigenvalue weighted by Gasteiger charge is 2.04. The van der Waals surface area contributed by atoms with Gasteiger partial charge in [-0.05, 0) is 35.0 Å². The molecule has 0 spiro atoms. The van der Waals surface area contributed by atoms with Gasteiger partial charge in [-0.25, -0.2) is 0 Å². The van der Waals surface area contributed by atoms with E-state index in [1.54, 1.807) is 4.80 Å². The highest BCUT2D eigenvalue weighted by Crippen LogP contribution is 2.19. The van der Waals surface area contributed by atoms with E-state index in [4.69, 9.17) is 0 Å². The molecular weight excluding hydrogens is 224 g/mol. The molecule has 0 N–H and O–H groups in total. The van der Waals surface area contributed by atoms with Gasteiger partial charge in [0.2, 0.25) is 0 Å². The standard InChI is InChI=1S/C14H14N4/c1-3-14-15-17-18(16-14)13-7-6-11-5-4-10(2)8-12(11)9-13/h4-9H,3H2,1-2H3. The molecule has 2 aromatic carbocycles. The van der Waals surface area contributed by atoms with Crippen molar-refractivity contribution in [2.75, 3.05) is 0 Å². The number of tetrazole rings is 1. The van der Waals surface area contributed by atoms with Crippen LogP contribution in [0.2, 0.25) is 0 Å². The third-order valence-corrected chi connectivity index (χ3v) is 2.98. The summed E-state index contributed by atoms with van der Waals surface area (Å²) in [6.45, 7) is 4.11. The summed E-state index contributed by atoms with van der Waals surface area (Å²) in [5.41, 5.74) is 2.20. The highest BCUT2D eigenvalue weighted by atomic mass is 15.6. The van der Waals surface area contributed by atoms with Crippen LogP contribution in [0.4, 0.5) is 0 Å². The summed E-state index contributed by atoms with van der Waals surface area (Å²) in [4.78, 5) is 1.58. The number of rotatable bonds is 2. The van der Waals surface area contributed by atoms with Crippen molar-refractivity contribution in [2.24, 2.45) is 0 Å². The van der Waals surface area contributed by atoms with E-state index in [-0.39, 0.29) is 0 Å². The van der Waals surface area contributed by atoms with E-state index in [2.05, 4.69) is 52.7 Å². The maximum atomic E-state index is 4.32. The number of benzene rings is 2. The molecule has 0 radical (unpaired) electrons. The molecule has 4 nitrogen and oxygen atoms in total. The normalized spacial score (nSPS) is 11.0. The maximum absolute atomic E-state index is 4.32. The fraction of sp³-hybridized carbons (Fsp3) is 0.214. The minimum atomic E-state index is 0.763. The molecule has 3 aromatic rings. The van der Waals surface area contributed by atoms with Crippen LogP contribution in [0.1, 0.15) is 18.3 Å². The van der Waals surface area contributed by atoms with Gasteiger partial charge in [0.05, 0.1) is 5.69 Å². The summed E-state index contributed by atoms with van der Waals surface area (Å²) in [6, 6.07) is 12.6. The van der Waals surface area contributed by atoms with Gasteiger partial charge in [0.1, 0.15) is 0 Å². The second-order valence-electron chi connectivity index (χ2n) is 4.38. The number of hydrogen-bond donors (Lipinski definition) is 0. The van der Waals surface area contributed by atoms with Gasteiger partial charge < -0.3 is 0 Å². The molecular formula is C14H14N4. The molecule has 0 saturated carbocycles. The number of aryl methyl sites for hydroxylation is 2. The van der Waals surface area contributed by atoms with Crippen LogP contribution in [0.15, 0.2) is 36.4 Å². The molecule has 4 heteroatoms. The lowest BCUT2D eigenvalue weighted by Crippen LogP contribution is -1.99. The average Bonchev–Trinajstić information content (AvgIpc) is 2.86. The molecule has 0 saturated heterocycles. The third-order valence-electron chi connectivity index (χ3n) is 2.98. The minimum Gasteiger partial charge on any atom is -0.131 e. The van der Waals surface area contributed by atoms with Crippen molar-refractivity contribution < 1.29 is 0 Å². The van der Waals surface area contributed by atoms with Gasteiger partial charge in [-0.2, -0.15) is 0 Å². The van der Waals surface area contributed by atoms with E-state index in [1.165, 1.54) is 16.3 Å². The van der Waals surface area contributed by atoms with Gasteiger partial charge in [0.15, 0.2) is 5.82 Å². The van der Waals surface area contributed by atoms with Crippen molar-refractivity contribution in [2.45, 2.75) is 20.3 Å². The zero-order valence-corrected chi connectivity index (χ0v) is 10.5. The number of hydrogen-bond acceptors (Lipinski definition) is 3. The first-order chi connectivity index (χ1) is 8.76. The second-order valence-corrected chi connectivity index (χ2v) is 4.38. The monoisotopic (exact) mass is 238 g/mol. The van der Waals surface area contributed by atoms with Crippen LogP contribution in [0, 0.1) is 6.92 Å². The van der Waals surface area contributed by atoms with Gasteiger partial charge in [0, 0.05) is 6.42 Å². The van der Waals surface area contributed by atoms with Crippen molar-refractivity contribution in [1.82, 2.24) is 20.2 Å². The Morgan fingerprint density at radius 3 is 2.67 bits per heavy atom. The van der Waals surface area contributed by atoms with Gasteiger partial charge in [0.25, 0.3) is 0 Å². The summed E-state index contributed by atoms with van der Waals surface area (Å²) < 4.78 is 0. The predicted molar refractivity (Wildman–Crippen MR) is 70.8 cm³/mol. The Balaban J connectivity index is 2.12. The smallest absolute Gasteiger partial charge is 0.131 e. The minimum absolute atomic E-state index is 0.763. The molecule has 1 heterocycles. The van der Waals surface area contributed by atoms with Crippen LogP contribution in [0.3, 0.4) is 0 Å². The first-order valence-electron chi connectivity index (χ1n) is 6.06. The first kappa shape index (κ1) is 10.9. The Labute approximate surface area is 105 Å². The molecule has 90 valence electrons. The lowest BCUT2D eigenvalue weighted by molar-refractivity contribution is 0.718. The molecule has 0 aliphatic heterocycles. The maximum Gasteiger partial charge on any atom is 0.174 e. The average molecular weight is 238 g/mol. The Kier molecular flexibility index (Phi) is 2.55. The van der Waals surface area contributed by atoms with Gasteiger partial charge in [-0.15, -0.1) is 15.0 Å². The van der Waals surface area contributed by atoms with E-state index in [0.717, 1.165) is 17.9 Å². The molecule has 0 atom stereocenters. The Hall–Kier alpha value is -2.23. The van der Waals surface area contributed by atoms with Gasteiger partial charge in [-0.1, -0.05) is 36.8 Å². The van der Waals surface area contributed by atoms with Crippen LogP contribution in [0.5, 0.6) is 0 Å². The van der Waals surface area contributed by atoms with Crippen LogP contribution >= 0.6 is 0 Å². The van der Waals surface area contributed by atoms with Crippen molar-refractivity contribution in [3.8, 4) is 5.69 Å². The SMILES string of the molecule is CCc1nnn(-c2ccc3ccc(C)cc3c2)n1. The Bertz CT molecular complexity index is 700. The quantitative estimate of drug-likeness (QED) is 0.689. The molecule has 0 aliphatic carbocycles. The van der Waals surface area contributed by atoms with E-state index in [0.29, 0.717) is 0 Å². The molecule has 0 fully saturated rings. The van der Waals surface area contributed by atoms with E-state index < -0.39 is 0 Å². The van der Waals surface area contributed by atoms with Gasteiger partial charge in [-0.3, -0.25) is 0 Å². The summed E-state index contributed by atoms with van der Waals surface area (Å²) >= 11 is 0. The molecule has 18 heavy (non-hydrogen) atoms. The summed E-state index contributed by atoms with van der Waals surface area (Å²) in [7, 11) is 0. The third kappa shape index (κ3) is 1.86. The Morgan fingerprint density at radius 1 is 1.06 bits per heavy atom. The van der Waals surface area contributed by atoms with Crippen LogP contribution in [0.25, 0.3) is 16.5 Å². The second kappa shape index (κ2) is 4.22. The molecule has 0 unspecified atom stereocenters. The number of nitrogens with zero attached hydrogens (tertiary/aromatic N) is 4. The van der Waals surface area contributed by atoms with Crippen LogP contribution in [-0.2, 0) is 6.42 Å². The van der Waals surface area contributed by atoms with E-state index in [1.807, 2.05) is 13.0 Å². The predicted octanol–water partition coefficient (Wildman–Crippen LogP) is 2.69. The lowest BCUT2D eigenvalue weighted by Gasteiger charge is -2.02. The summed E-state index contributed by atoms with van der Waals surface area (Å²) in [5, 5.41) is 14.8. The molecule has 1 aromatic heterocycles. The van der Waals surface area contributed by atoms with E-state index >= 15 is 0 Å². The molecule has 0 bridgehead atoms. The summed E-state index contributed by atoms with van der Waals surface area (Å²) in [6.07, 6.45) is 0.798. The van der Waals surface area contributed by atoms with Crippen molar-refractivity contribution in [1.29, 1.82) is 0 Å². The molecule has 3 rings (SSSR count). The van der Waals surface area contributed by atoms with Gasteiger partial charge >= 0.3 is 0 Å². The first-order valence-corrected chi connectivity index (χ1v) is 6.06. The number of fused-ring (bicyclic) bond motifs is 1. The summed E-state index contributed by atoms with van der Waals surface area (Å²) in [5.74, 6) is 0.763. The van der Waals surface area contributed by atoms with Crippen molar-refractivity contribution in [3.63, 3.8) is 0 Å². The van der Waals surface area contributed by atoms with Crippen LogP contribution in [-0.4, -0.2) is 20.2 Å². The molecule has 0 aliphatic rings. The zero-order chi connectivity index (χ0) is 12.5. The van der Waals surface area contributed by atoms with Crippen molar-refractivity contribution >= 4 is 10.8 Å². The van der Waals surface area contributed by atoms with Crippen molar-refractivity contribution in [3.05, 3.63) is 47.8 Å². The zero-order valence-electron chi connectivity index (χ0n) is 10.5. The number of aromatic nitrogens is 4. The van der Waals surface area contributed by atoms with Crippen LogP contribution < -0.4 is 0 Å². The highest BCUT2D eigenvalue weighted by molar-refractivity contribution is 5.84. The molecule has 0 amide bonds. The van der Waals surface area contributed by atoms with E-state index in [9.17, 15) is 0 Å². The fourth-order valence-corrected chi connectivity index (χ4v) is 1.97. The Morgan fingerprint density at radius 2 is 1.89 bits per heavy atom.